The van der Waals surface area contributed by atoms with E-state index in [2.05, 4.69) is 5.32 Å². The van der Waals surface area contributed by atoms with Crippen LogP contribution in [0.5, 0.6) is 0 Å². The van der Waals surface area contributed by atoms with Crippen molar-refractivity contribution < 1.29 is 9.47 Å². The molecule has 3 rings (SSSR count). The van der Waals surface area contributed by atoms with Gasteiger partial charge in [-0.2, -0.15) is 0 Å². The van der Waals surface area contributed by atoms with E-state index in [0.717, 1.165) is 26.4 Å². The molecule has 2 spiro atoms. The van der Waals surface area contributed by atoms with Crippen molar-refractivity contribution in [1.82, 2.24) is 5.32 Å². The first-order valence-corrected chi connectivity index (χ1v) is 4.80. The molecule has 2 aliphatic heterocycles. The number of hydrogen-bond donors (Lipinski definition) is 1. The summed E-state index contributed by atoms with van der Waals surface area (Å²) in [6, 6.07) is 0. The maximum atomic E-state index is 5.87. The summed E-state index contributed by atoms with van der Waals surface area (Å²) in [7, 11) is 0. The van der Waals surface area contributed by atoms with E-state index in [1.165, 1.54) is 19.3 Å². The van der Waals surface area contributed by atoms with Gasteiger partial charge in [-0.15, -0.1) is 0 Å². The van der Waals surface area contributed by atoms with E-state index in [1.807, 2.05) is 0 Å². The van der Waals surface area contributed by atoms with E-state index in [4.69, 9.17) is 9.47 Å². The largest absolute Gasteiger partial charge is 0.380 e. The lowest BCUT2D eigenvalue weighted by molar-refractivity contribution is -0.241. The molecule has 3 heteroatoms. The summed E-state index contributed by atoms with van der Waals surface area (Å²) < 4.78 is 11.1. The van der Waals surface area contributed by atoms with Crippen molar-refractivity contribution in [1.29, 1.82) is 0 Å². The molecular formula is C9H15NO2. The Kier molecular flexibility index (Phi) is 1.35. The molecule has 3 aliphatic rings. The summed E-state index contributed by atoms with van der Waals surface area (Å²) in [4.78, 5) is 0. The first-order valence-electron chi connectivity index (χ1n) is 4.80. The van der Waals surface area contributed by atoms with E-state index < -0.39 is 0 Å². The predicted molar refractivity (Wildman–Crippen MR) is 43.8 cm³/mol. The van der Waals surface area contributed by atoms with Crippen LogP contribution in [0.3, 0.4) is 0 Å². The molecule has 0 aromatic rings. The smallest absolute Gasteiger partial charge is 0.119 e. The van der Waals surface area contributed by atoms with E-state index >= 15 is 0 Å². The highest BCUT2D eigenvalue weighted by Crippen LogP contribution is 2.40. The average molecular weight is 169 g/mol. The van der Waals surface area contributed by atoms with Gasteiger partial charge >= 0.3 is 0 Å². The minimum Gasteiger partial charge on any atom is -0.380 e. The summed E-state index contributed by atoms with van der Waals surface area (Å²) in [6.07, 6.45) is 3.71. The summed E-state index contributed by atoms with van der Waals surface area (Å²) in [6.45, 7) is 3.76. The van der Waals surface area contributed by atoms with E-state index in [-0.39, 0.29) is 5.72 Å². The lowest BCUT2D eigenvalue weighted by atomic mass is 9.80. The van der Waals surface area contributed by atoms with Gasteiger partial charge < -0.3 is 9.47 Å². The molecule has 3 fully saturated rings. The van der Waals surface area contributed by atoms with Gasteiger partial charge in [0, 0.05) is 6.54 Å². The second-order valence-corrected chi connectivity index (χ2v) is 4.48. The predicted octanol–water partition coefficient (Wildman–Crippen LogP) is 0.503. The summed E-state index contributed by atoms with van der Waals surface area (Å²) in [5.41, 5.74) is 0.418. The Morgan fingerprint density at radius 1 is 1.08 bits per heavy atom. The molecule has 0 bridgehead atoms. The minimum atomic E-state index is 0.0842. The first-order chi connectivity index (χ1) is 5.83. The van der Waals surface area contributed by atoms with Crippen LogP contribution in [-0.4, -0.2) is 32.1 Å². The van der Waals surface area contributed by atoms with E-state index in [1.54, 1.807) is 0 Å². The van der Waals surface area contributed by atoms with Gasteiger partial charge in [0.25, 0.3) is 0 Å². The Balaban J connectivity index is 1.65. The summed E-state index contributed by atoms with van der Waals surface area (Å²) >= 11 is 0. The number of hydrogen-bond acceptors (Lipinski definition) is 3. The molecule has 12 heavy (non-hydrogen) atoms. The molecule has 3 nitrogen and oxygen atoms in total. The monoisotopic (exact) mass is 169 g/mol. The van der Waals surface area contributed by atoms with Gasteiger partial charge in [0.15, 0.2) is 0 Å². The quantitative estimate of drug-likeness (QED) is 0.573. The molecule has 2 heterocycles. The van der Waals surface area contributed by atoms with Crippen molar-refractivity contribution in [3.05, 3.63) is 0 Å². The van der Waals surface area contributed by atoms with Crippen molar-refractivity contribution >= 4 is 0 Å². The Labute approximate surface area is 72.4 Å². The highest BCUT2D eigenvalue weighted by molar-refractivity contribution is 4.98. The molecule has 1 aliphatic carbocycles. The van der Waals surface area contributed by atoms with Crippen LogP contribution in [-0.2, 0) is 9.47 Å². The van der Waals surface area contributed by atoms with Gasteiger partial charge in [-0.25, -0.2) is 0 Å². The Hall–Kier alpha value is -0.120. The molecule has 0 unspecified atom stereocenters. The fourth-order valence-electron chi connectivity index (χ4n) is 2.14. The zero-order chi connectivity index (χ0) is 8.07. The van der Waals surface area contributed by atoms with Crippen LogP contribution in [0.15, 0.2) is 0 Å². The zero-order valence-electron chi connectivity index (χ0n) is 7.27. The van der Waals surface area contributed by atoms with Gasteiger partial charge in [0.1, 0.15) is 5.72 Å². The minimum absolute atomic E-state index is 0.0842. The average Bonchev–Trinajstić information content (AvgIpc) is 1.99. The van der Waals surface area contributed by atoms with Crippen LogP contribution < -0.4 is 5.32 Å². The topological polar surface area (TPSA) is 30.5 Å². The highest BCUT2D eigenvalue weighted by Gasteiger charge is 2.49. The number of ether oxygens (including phenoxy) is 2. The highest BCUT2D eigenvalue weighted by atomic mass is 16.5. The molecule has 2 saturated heterocycles. The summed E-state index contributed by atoms with van der Waals surface area (Å²) in [5, 5.41) is 3.52. The molecule has 1 N–H and O–H groups in total. The molecule has 0 aromatic heterocycles. The first kappa shape index (κ1) is 7.30. The Bertz CT molecular complexity index is 163. The van der Waals surface area contributed by atoms with Gasteiger partial charge in [0.05, 0.1) is 25.2 Å². The maximum absolute atomic E-state index is 5.87. The maximum Gasteiger partial charge on any atom is 0.119 e. The molecule has 0 aromatic carbocycles. The lowest BCUT2D eigenvalue weighted by Crippen LogP contribution is -2.66. The molecule has 1 saturated carbocycles. The Morgan fingerprint density at radius 3 is 2.25 bits per heavy atom. The van der Waals surface area contributed by atoms with Crippen LogP contribution in [0.4, 0.5) is 0 Å². The van der Waals surface area contributed by atoms with Gasteiger partial charge in [-0.3, -0.25) is 5.32 Å². The molecular weight excluding hydrogens is 154 g/mol. The van der Waals surface area contributed by atoms with Crippen molar-refractivity contribution in [2.45, 2.75) is 25.0 Å². The third kappa shape index (κ3) is 0.873. The molecule has 0 atom stereocenters. The zero-order valence-corrected chi connectivity index (χ0v) is 7.27. The van der Waals surface area contributed by atoms with Gasteiger partial charge in [-0.1, -0.05) is 0 Å². The fourth-order valence-corrected chi connectivity index (χ4v) is 2.14. The molecule has 0 amide bonds. The van der Waals surface area contributed by atoms with Crippen LogP contribution in [0.25, 0.3) is 0 Å². The number of nitrogens with one attached hydrogen (secondary N) is 1. The summed E-state index contributed by atoms with van der Waals surface area (Å²) in [5.74, 6) is 0. The van der Waals surface area contributed by atoms with Crippen molar-refractivity contribution in [3.8, 4) is 0 Å². The second kappa shape index (κ2) is 2.22. The van der Waals surface area contributed by atoms with Crippen molar-refractivity contribution in [3.63, 3.8) is 0 Å². The van der Waals surface area contributed by atoms with Crippen LogP contribution >= 0.6 is 0 Å². The van der Waals surface area contributed by atoms with Gasteiger partial charge in [0.2, 0.25) is 0 Å². The van der Waals surface area contributed by atoms with Crippen LogP contribution in [0, 0.1) is 5.41 Å². The molecule has 0 radical (unpaired) electrons. The van der Waals surface area contributed by atoms with Crippen molar-refractivity contribution in [2.75, 3.05) is 26.4 Å². The standard InChI is InChI=1S/C9H15NO2/c1-2-9(3-1)10-4-8(7-12-9)5-11-6-8/h10H,1-7H2. The van der Waals surface area contributed by atoms with E-state index in [9.17, 15) is 0 Å². The normalized spacial score (nSPS) is 36.0. The third-order valence-corrected chi connectivity index (χ3v) is 3.42. The number of rotatable bonds is 0. The lowest BCUT2D eigenvalue weighted by Gasteiger charge is -2.54. The second-order valence-electron chi connectivity index (χ2n) is 4.48. The van der Waals surface area contributed by atoms with Gasteiger partial charge in [-0.05, 0) is 19.3 Å². The van der Waals surface area contributed by atoms with E-state index in [0.29, 0.717) is 5.41 Å². The van der Waals surface area contributed by atoms with Crippen LogP contribution in [0.1, 0.15) is 19.3 Å². The van der Waals surface area contributed by atoms with Crippen LogP contribution in [0.2, 0.25) is 0 Å². The van der Waals surface area contributed by atoms with Crippen molar-refractivity contribution in [2.24, 2.45) is 5.41 Å². The third-order valence-electron chi connectivity index (χ3n) is 3.42. The fraction of sp³-hybridized carbons (Fsp3) is 1.00. The SMILES string of the molecule is C1CC2(C1)NCC1(COC1)CO2. The Morgan fingerprint density at radius 2 is 1.92 bits per heavy atom. The molecule has 68 valence electrons.